The highest BCUT2D eigenvalue weighted by Gasteiger charge is 2.03. The standard InChI is InChI=1S/C18H18N2O3/c1-22-16-11-9-15(10-12-16)18(21)20-19-13-5-7-14-6-3-4-8-17(14)23-2/h3-13H,1-2H3,(H,20,21)/b7-5+,19-13-. The molecule has 0 saturated carbocycles. The van der Waals surface area contributed by atoms with Gasteiger partial charge in [-0.1, -0.05) is 18.2 Å². The van der Waals surface area contributed by atoms with Crippen LogP contribution in [0.15, 0.2) is 59.7 Å². The van der Waals surface area contributed by atoms with Crippen molar-refractivity contribution < 1.29 is 14.3 Å². The van der Waals surface area contributed by atoms with Crippen LogP contribution in [0.3, 0.4) is 0 Å². The third-order valence-corrected chi connectivity index (χ3v) is 3.09. The van der Waals surface area contributed by atoms with E-state index in [1.165, 1.54) is 6.21 Å². The molecule has 0 aliphatic heterocycles. The van der Waals surface area contributed by atoms with E-state index in [-0.39, 0.29) is 5.91 Å². The van der Waals surface area contributed by atoms with Gasteiger partial charge >= 0.3 is 0 Å². The summed E-state index contributed by atoms with van der Waals surface area (Å²) in [6.07, 6.45) is 5.09. The quantitative estimate of drug-likeness (QED) is 0.658. The van der Waals surface area contributed by atoms with E-state index in [0.717, 1.165) is 11.3 Å². The van der Waals surface area contributed by atoms with E-state index in [2.05, 4.69) is 10.5 Å². The van der Waals surface area contributed by atoms with Crippen LogP contribution in [0.25, 0.3) is 6.08 Å². The molecule has 0 aliphatic carbocycles. The second kappa shape index (κ2) is 8.38. The van der Waals surface area contributed by atoms with Crippen molar-refractivity contribution in [2.24, 2.45) is 5.10 Å². The number of hydrogen-bond acceptors (Lipinski definition) is 4. The fraction of sp³-hybridized carbons (Fsp3) is 0.111. The summed E-state index contributed by atoms with van der Waals surface area (Å²) in [5, 5.41) is 3.88. The molecule has 23 heavy (non-hydrogen) atoms. The smallest absolute Gasteiger partial charge is 0.271 e. The molecule has 0 fully saturated rings. The number of methoxy groups -OCH3 is 2. The number of hydrogen-bond donors (Lipinski definition) is 1. The van der Waals surface area contributed by atoms with Crippen LogP contribution < -0.4 is 14.9 Å². The van der Waals surface area contributed by atoms with Crippen LogP contribution in [-0.2, 0) is 0 Å². The monoisotopic (exact) mass is 310 g/mol. The van der Waals surface area contributed by atoms with Crippen LogP contribution >= 0.6 is 0 Å². The highest BCUT2D eigenvalue weighted by atomic mass is 16.5. The molecule has 0 aromatic heterocycles. The number of hydrazone groups is 1. The van der Waals surface area contributed by atoms with Crippen molar-refractivity contribution in [2.75, 3.05) is 14.2 Å². The molecule has 0 spiro atoms. The number of carbonyl (C=O) groups excluding carboxylic acids is 1. The van der Waals surface area contributed by atoms with Crippen molar-refractivity contribution in [2.45, 2.75) is 0 Å². The number of rotatable bonds is 6. The molecule has 0 saturated heterocycles. The Morgan fingerprint density at radius 1 is 1.04 bits per heavy atom. The first-order valence-electron chi connectivity index (χ1n) is 7.01. The SMILES string of the molecule is COc1ccc(C(=O)N/N=C\C=C\c2ccccc2OC)cc1. The molecule has 0 unspecified atom stereocenters. The van der Waals surface area contributed by atoms with E-state index in [4.69, 9.17) is 9.47 Å². The molecule has 1 N–H and O–H groups in total. The van der Waals surface area contributed by atoms with E-state index in [1.807, 2.05) is 30.3 Å². The number of ether oxygens (including phenoxy) is 2. The molecular weight excluding hydrogens is 292 g/mol. The summed E-state index contributed by atoms with van der Waals surface area (Å²) in [4.78, 5) is 11.9. The Kier molecular flexibility index (Phi) is 5.94. The lowest BCUT2D eigenvalue weighted by atomic mass is 10.2. The second-order valence-electron chi connectivity index (χ2n) is 4.55. The molecule has 5 nitrogen and oxygen atoms in total. The molecule has 118 valence electrons. The number of allylic oxidation sites excluding steroid dienone is 1. The van der Waals surface area contributed by atoms with E-state index in [0.29, 0.717) is 11.3 Å². The zero-order chi connectivity index (χ0) is 16.5. The molecular formula is C18H18N2O3. The van der Waals surface area contributed by atoms with Gasteiger partial charge < -0.3 is 9.47 Å². The lowest BCUT2D eigenvalue weighted by Gasteiger charge is -2.02. The van der Waals surface area contributed by atoms with Gasteiger partial charge in [-0.15, -0.1) is 0 Å². The average molecular weight is 310 g/mol. The summed E-state index contributed by atoms with van der Waals surface area (Å²) in [5.41, 5.74) is 3.90. The number of nitrogens with zero attached hydrogens (tertiary/aromatic N) is 1. The zero-order valence-corrected chi connectivity index (χ0v) is 13.0. The largest absolute Gasteiger partial charge is 0.497 e. The van der Waals surface area contributed by atoms with Crippen LogP contribution in [0.1, 0.15) is 15.9 Å². The highest BCUT2D eigenvalue weighted by molar-refractivity contribution is 5.94. The Morgan fingerprint density at radius 3 is 2.48 bits per heavy atom. The normalized spacial score (nSPS) is 10.9. The molecule has 0 aliphatic rings. The van der Waals surface area contributed by atoms with E-state index in [9.17, 15) is 4.79 Å². The minimum atomic E-state index is -0.283. The van der Waals surface area contributed by atoms with Crippen LogP contribution in [-0.4, -0.2) is 26.3 Å². The van der Waals surface area contributed by atoms with Crippen LogP contribution in [0.2, 0.25) is 0 Å². The van der Waals surface area contributed by atoms with Crippen molar-refractivity contribution in [1.82, 2.24) is 5.43 Å². The Hall–Kier alpha value is -3.08. The number of carbonyl (C=O) groups is 1. The Balaban J connectivity index is 1.90. The van der Waals surface area contributed by atoms with Crippen LogP contribution in [0.5, 0.6) is 11.5 Å². The van der Waals surface area contributed by atoms with Crippen LogP contribution in [0, 0.1) is 0 Å². The first-order chi connectivity index (χ1) is 11.2. The van der Waals surface area contributed by atoms with Crippen molar-refractivity contribution in [3.8, 4) is 11.5 Å². The van der Waals surface area contributed by atoms with Gasteiger partial charge in [0, 0.05) is 17.3 Å². The van der Waals surface area contributed by atoms with Gasteiger partial charge in [0.1, 0.15) is 11.5 Å². The predicted molar refractivity (Wildman–Crippen MR) is 91.0 cm³/mol. The lowest BCUT2D eigenvalue weighted by Crippen LogP contribution is -2.17. The maximum atomic E-state index is 11.9. The predicted octanol–water partition coefficient (Wildman–Crippen LogP) is 3.13. The second-order valence-corrected chi connectivity index (χ2v) is 4.55. The van der Waals surface area contributed by atoms with Gasteiger partial charge in [0.15, 0.2) is 0 Å². The fourth-order valence-electron chi connectivity index (χ4n) is 1.90. The minimum Gasteiger partial charge on any atom is -0.497 e. The molecule has 0 atom stereocenters. The van der Waals surface area contributed by atoms with Gasteiger partial charge in [0.2, 0.25) is 0 Å². The van der Waals surface area contributed by atoms with E-state index >= 15 is 0 Å². The van der Waals surface area contributed by atoms with Crippen molar-refractivity contribution in [3.63, 3.8) is 0 Å². The molecule has 5 heteroatoms. The van der Waals surface area contributed by atoms with Crippen LogP contribution in [0.4, 0.5) is 0 Å². The molecule has 2 aromatic carbocycles. The summed E-state index contributed by atoms with van der Waals surface area (Å²) >= 11 is 0. The first-order valence-corrected chi connectivity index (χ1v) is 7.01. The van der Waals surface area contributed by atoms with Gasteiger partial charge in [-0.2, -0.15) is 5.10 Å². The molecule has 0 bridgehead atoms. The maximum Gasteiger partial charge on any atom is 0.271 e. The van der Waals surface area contributed by atoms with E-state index in [1.54, 1.807) is 44.6 Å². The molecule has 1 amide bonds. The summed E-state index contributed by atoms with van der Waals surface area (Å²) in [6.45, 7) is 0. The third kappa shape index (κ3) is 4.71. The minimum absolute atomic E-state index is 0.283. The van der Waals surface area contributed by atoms with Gasteiger partial charge in [0.25, 0.3) is 5.91 Å². The zero-order valence-electron chi connectivity index (χ0n) is 13.0. The number of para-hydroxylation sites is 1. The van der Waals surface area contributed by atoms with Crippen molar-refractivity contribution in [1.29, 1.82) is 0 Å². The fourth-order valence-corrected chi connectivity index (χ4v) is 1.90. The number of benzene rings is 2. The molecule has 0 heterocycles. The van der Waals surface area contributed by atoms with Gasteiger partial charge in [0.05, 0.1) is 14.2 Å². The maximum absolute atomic E-state index is 11.9. The van der Waals surface area contributed by atoms with Crippen molar-refractivity contribution in [3.05, 3.63) is 65.7 Å². The van der Waals surface area contributed by atoms with Gasteiger partial charge in [-0.05, 0) is 42.5 Å². The highest BCUT2D eigenvalue weighted by Crippen LogP contribution is 2.18. The summed E-state index contributed by atoms with van der Waals surface area (Å²) in [6, 6.07) is 14.4. The number of nitrogens with one attached hydrogen (secondary N) is 1. The summed E-state index contributed by atoms with van der Waals surface area (Å²) in [7, 11) is 3.20. The lowest BCUT2D eigenvalue weighted by molar-refractivity contribution is 0.0955. The van der Waals surface area contributed by atoms with Gasteiger partial charge in [-0.25, -0.2) is 5.43 Å². The van der Waals surface area contributed by atoms with Crippen molar-refractivity contribution >= 4 is 18.2 Å². The van der Waals surface area contributed by atoms with E-state index < -0.39 is 0 Å². The Labute approximate surface area is 135 Å². The first kappa shape index (κ1) is 16.3. The Morgan fingerprint density at radius 2 is 1.78 bits per heavy atom. The topological polar surface area (TPSA) is 59.9 Å². The summed E-state index contributed by atoms with van der Waals surface area (Å²) in [5.74, 6) is 1.19. The Bertz CT molecular complexity index is 706. The molecule has 2 rings (SSSR count). The average Bonchev–Trinajstić information content (AvgIpc) is 2.61. The summed E-state index contributed by atoms with van der Waals surface area (Å²) < 4.78 is 10.3. The third-order valence-electron chi connectivity index (χ3n) is 3.09. The molecule has 2 aromatic rings. The number of amides is 1. The van der Waals surface area contributed by atoms with Gasteiger partial charge in [-0.3, -0.25) is 4.79 Å². The molecule has 0 radical (unpaired) electrons.